The van der Waals surface area contributed by atoms with Crippen LogP contribution < -0.4 is 4.74 Å². The van der Waals surface area contributed by atoms with Crippen molar-refractivity contribution in [2.24, 2.45) is 5.92 Å². The third-order valence-electron chi connectivity index (χ3n) is 5.29. The molecule has 1 aromatic carbocycles. The maximum absolute atomic E-state index is 10.6. The van der Waals surface area contributed by atoms with Gasteiger partial charge in [0.1, 0.15) is 17.0 Å². The average molecular weight is 336 g/mol. The van der Waals surface area contributed by atoms with E-state index in [1.54, 1.807) is 0 Å². The van der Waals surface area contributed by atoms with Crippen molar-refractivity contribution in [3.05, 3.63) is 52.9 Å². The average Bonchev–Trinajstić information content (AvgIpc) is 2.54. The quantitative estimate of drug-likeness (QED) is 0.876. The van der Waals surface area contributed by atoms with E-state index in [0.29, 0.717) is 29.6 Å². The molecule has 0 amide bonds. The summed E-state index contributed by atoms with van der Waals surface area (Å²) in [4.78, 5) is 9.03. The molecule has 0 bridgehead atoms. The van der Waals surface area contributed by atoms with Crippen molar-refractivity contribution in [1.82, 2.24) is 9.97 Å². The molecule has 0 saturated carbocycles. The Morgan fingerprint density at radius 2 is 1.96 bits per heavy atom. The molecule has 25 heavy (non-hydrogen) atoms. The number of benzene rings is 1. The maximum atomic E-state index is 10.6. The first-order valence-corrected chi connectivity index (χ1v) is 9.00. The fraction of sp³-hybridized carbons (Fsp3) is 0.429. The van der Waals surface area contributed by atoms with Gasteiger partial charge in [0, 0.05) is 6.42 Å². The number of hydrogen-bond donors (Lipinski definition) is 1. The molecule has 2 aliphatic rings. The summed E-state index contributed by atoms with van der Waals surface area (Å²) < 4.78 is 6.21. The first-order valence-electron chi connectivity index (χ1n) is 9.00. The molecule has 4 heteroatoms. The summed E-state index contributed by atoms with van der Waals surface area (Å²) in [5, 5.41) is 10.6. The number of aromatic nitrogens is 2. The zero-order chi connectivity index (χ0) is 17.6. The molecule has 1 aliphatic heterocycles. The normalized spacial score (nSPS) is 21.3. The predicted molar refractivity (Wildman–Crippen MR) is 97.6 cm³/mol. The SMILES string of the molecule is CC1CCC2=C(C1)c1c(O)nc(Cc3ccccc3)nc1OC2(C)C. The van der Waals surface area contributed by atoms with E-state index in [1.807, 2.05) is 30.3 Å². The fourth-order valence-corrected chi connectivity index (χ4v) is 4.00. The summed E-state index contributed by atoms with van der Waals surface area (Å²) >= 11 is 0. The smallest absolute Gasteiger partial charge is 0.229 e. The molecule has 4 nitrogen and oxygen atoms in total. The molecule has 1 aromatic heterocycles. The topological polar surface area (TPSA) is 55.2 Å². The van der Waals surface area contributed by atoms with Crippen LogP contribution >= 0.6 is 0 Å². The molecule has 0 fully saturated rings. The Labute approximate surface area is 148 Å². The van der Waals surface area contributed by atoms with Crippen molar-refractivity contribution in [2.45, 2.75) is 52.1 Å². The van der Waals surface area contributed by atoms with Gasteiger partial charge >= 0.3 is 0 Å². The first kappa shape index (κ1) is 16.1. The van der Waals surface area contributed by atoms with Gasteiger partial charge in [0.2, 0.25) is 11.8 Å². The zero-order valence-corrected chi connectivity index (χ0v) is 15.0. The van der Waals surface area contributed by atoms with Crippen LogP contribution in [-0.4, -0.2) is 20.7 Å². The van der Waals surface area contributed by atoms with Crippen LogP contribution in [-0.2, 0) is 6.42 Å². The van der Waals surface area contributed by atoms with Crippen LogP contribution in [0.2, 0.25) is 0 Å². The van der Waals surface area contributed by atoms with Crippen molar-refractivity contribution in [3.8, 4) is 11.8 Å². The van der Waals surface area contributed by atoms with E-state index in [2.05, 4.69) is 30.7 Å². The summed E-state index contributed by atoms with van der Waals surface area (Å²) in [7, 11) is 0. The third-order valence-corrected chi connectivity index (χ3v) is 5.29. The highest BCUT2D eigenvalue weighted by atomic mass is 16.5. The lowest BCUT2D eigenvalue weighted by atomic mass is 9.75. The summed E-state index contributed by atoms with van der Waals surface area (Å²) in [6.07, 6.45) is 3.70. The highest BCUT2D eigenvalue weighted by Crippen LogP contribution is 2.49. The van der Waals surface area contributed by atoms with Crippen molar-refractivity contribution in [3.63, 3.8) is 0 Å². The molecule has 0 saturated heterocycles. The van der Waals surface area contributed by atoms with Crippen molar-refractivity contribution in [1.29, 1.82) is 0 Å². The van der Waals surface area contributed by atoms with Gasteiger partial charge in [-0.1, -0.05) is 37.3 Å². The number of allylic oxidation sites excluding steroid dienone is 1. The third kappa shape index (κ3) is 2.90. The van der Waals surface area contributed by atoms with Crippen LogP contribution in [0.3, 0.4) is 0 Å². The molecule has 4 rings (SSSR count). The van der Waals surface area contributed by atoms with Gasteiger partial charge in [-0.25, -0.2) is 0 Å². The van der Waals surface area contributed by atoms with E-state index in [0.717, 1.165) is 24.8 Å². The highest BCUT2D eigenvalue weighted by molar-refractivity contribution is 5.78. The van der Waals surface area contributed by atoms with Gasteiger partial charge in [0.15, 0.2) is 0 Å². The van der Waals surface area contributed by atoms with E-state index >= 15 is 0 Å². The van der Waals surface area contributed by atoms with Crippen molar-refractivity contribution in [2.75, 3.05) is 0 Å². The molecule has 1 N–H and O–H groups in total. The van der Waals surface area contributed by atoms with Gasteiger partial charge < -0.3 is 9.84 Å². The largest absolute Gasteiger partial charge is 0.493 e. The lowest BCUT2D eigenvalue weighted by Gasteiger charge is -2.40. The number of fused-ring (bicyclic) bond motifs is 2. The Hall–Kier alpha value is -2.36. The summed E-state index contributed by atoms with van der Waals surface area (Å²) in [5.41, 5.74) is 3.91. The van der Waals surface area contributed by atoms with E-state index in [1.165, 1.54) is 11.1 Å². The Kier molecular flexibility index (Phi) is 3.78. The van der Waals surface area contributed by atoms with Crippen LogP contribution in [0, 0.1) is 5.92 Å². The van der Waals surface area contributed by atoms with Crippen molar-refractivity contribution >= 4 is 5.57 Å². The Bertz CT molecular complexity index is 840. The van der Waals surface area contributed by atoms with Gasteiger partial charge in [-0.3, -0.25) is 0 Å². The van der Waals surface area contributed by atoms with Gasteiger partial charge in [0.25, 0.3) is 0 Å². The predicted octanol–water partition coefficient (Wildman–Crippen LogP) is 4.52. The second-order valence-electron chi connectivity index (χ2n) is 7.72. The molecular weight excluding hydrogens is 312 g/mol. The summed E-state index contributed by atoms with van der Waals surface area (Å²) in [6.45, 7) is 6.45. The number of aromatic hydroxyl groups is 1. The van der Waals surface area contributed by atoms with E-state index in [9.17, 15) is 5.11 Å². The van der Waals surface area contributed by atoms with Gasteiger partial charge in [-0.05, 0) is 55.7 Å². The Morgan fingerprint density at radius 1 is 1.20 bits per heavy atom. The monoisotopic (exact) mass is 336 g/mol. The number of nitrogens with zero attached hydrogens (tertiary/aromatic N) is 2. The highest BCUT2D eigenvalue weighted by Gasteiger charge is 2.39. The van der Waals surface area contributed by atoms with Gasteiger partial charge in [-0.2, -0.15) is 9.97 Å². The number of hydrogen-bond acceptors (Lipinski definition) is 4. The first-order chi connectivity index (χ1) is 11.9. The molecule has 1 aliphatic carbocycles. The minimum Gasteiger partial charge on any atom is -0.493 e. The summed E-state index contributed by atoms with van der Waals surface area (Å²) in [5.74, 6) is 1.76. The Morgan fingerprint density at radius 3 is 2.72 bits per heavy atom. The molecule has 1 unspecified atom stereocenters. The second kappa shape index (κ2) is 5.87. The number of rotatable bonds is 2. The standard InChI is InChI=1S/C21H24N2O2/c1-13-9-10-16-15(11-13)18-19(24)22-17(12-14-7-5-4-6-8-14)23-20(18)25-21(16,2)3/h4-8,13H,9-12H2,1-3H3,(H,22,23,24). The van der Waals surface area contributed by atoms with Crippen LogP contribution in [0.25, 0.3) is 5.57 Å². The van der Waals surface area contributed by atoms with Crippen LogP contribution in [0.15, 0.2) is 35.9 Å². The minimum atomic E-state index is -0.382. The molecule has 0 spiro atoms. The fourth-order valence-electron chi connectivity index (χ4n) is 4.00. The van der Waals surface area contributed by atoms with E-state index in [4.69, 9.17) is 4.74 Å². The molecule has 2 heterocycles. The Balaban J connectivity index is 1.78. The van der Waals surface area contributed by atoms with Crippen LogP contribution in [0.4, 0.5) is 0 Å². The molecular formula is C21H24N2O2. The molecule has 2 aromatic rings. The number of ether oxygens (including phenoxy) is 1. The van der Waals surface area contributed by atoms with E-state index < -0.39 is 0 Å². The molecule has 0 radical (unpaired) electrons. The van der Waals surface area contributed by atoms with Gasteiger partial charge in [0.05, 0.1) is 0 Å². The zero-order valence-electron chi connectivity index (χ0n) is 15.0. The van der Waals surface area contributed by atoms with Crippen LogP contribution in [0.5, 0.6) is 11.8 Å². The van der Waals surface area contributed by atoms with Crippen molar-refractivity contribution < 1.29 is 9.84 Å². The lowest BCUT2D eigenvalue weighted by molar-refractivity contribution is 0.127. The second-order valence-corrected chi connectivity index (χ2v) is 7.72. The lowest BCUT2D eigenvalue weighted by Crippen LogP contribution is -2.37. The van der Waals surface area contributed by atoms with Crippen LogP contribution in [0.1, 0.15) is 57.0 Å². The van der Waals surface area contributed by atoms with E-state index in [-0.39, 0.29) is 11.5 Å². The maximum Gasteiger partial charge on any atom is 0.229 e. The minimum absolute atomic E-state index is 0.0491. The summed E-state index contributed by atoms with van der Waals surface area (Å²) in [6, 6.07) is 10.0. The molecule has 1 atom stereocenters. The molecule has 130 valence electrons. The van der Waals surface area contributed by atoms with Gasteiger partial charge in [-0.15, -0.1) is 0 Å².